The van der Waals surface area contributed by atoms with Gasteiger partial charge in [-0.3, -0.25) is 9.59 Å². The summed E-state index contributed by atoms with van der Waals surface area (Å²) in [5.41, 5.74) is 0.759. The van der Waals surface area contributed by atoms with Crippen molar-refractivity contribution in [3.05, 3.63) is 59.8 Å². The van der Waals surface area contributed by atoms with Crippen LogP contribution < -0.4 is 26.2 Å². The third-order valence-electron chi connectivity index (χ3n) is 6.63. The molecule has 1 aromatic heterocycles. The van der Waals surface area contributed by atoms with Crippen LogP contribution in [0.15, 0.2) is 48.7 Å². The van der Waals surface area contributed by atoms with Gasteiger partial charge in [-0.25, -0.2) is 4.98 Å². The van der Waals surface area contributed by atoms with Crippen LogP contribution in [0, 0.1) is 0 Å². The summed E-state index contributed by atoms with van der Waals surface area (Å²) < 4.78 is 41.6. The van der Waals surface area contributed by atoms with Crippen molar-refractivity contribution < 1.29 is 22.8 Å². The molecule has 0 bridgehead atoms. The Labute approximate surface area is 222 Å². The molecule has 10 nitrogen and oxygen atoms in total. The van der Waals surface area contributed by atoms with Gasteiger partial charge in [-0.1, -0.05) is 6.07 Å². The fraction of sp³-hybridized carbons (Fsp3) is 0.308. The molecule has 4 N–H and O–H groups in total. The first-order valence-corrected chi connectivity index (χ1v) is 12.3. The number of benzene rings is 2. The molecule has 2 amide bonds. The molecule has 0 aliphatic carbocycles. The van der Waals surface area contributed by atoms with Crippen LogP contribution in [-0.2, 0) is 11.0 Å². The fourth-order valence-corrected chi connectivity index (χ4v) is 4.40. The van der Waals surface area contributed by atoms with Gasteiger partial charge in [0.15, 0.2) is 0 Å². The van der Waals surface area contributed by atoms with Crippen LogP contribution >= 0.6 is 0 Å². The van der Waals surface area contributed by atoms with Gasteiger partial charge in [0, 0.05) is 43.8 Å². The molecule has 2 aromatic carbocycles. The molecule has 1 saturated heterocycles. The number of hydrogen-bond donors (Lipinski definition) is 4. The van der Waals surface area contributed by atoms with Crippen molar-refractivity contribution >= 4 is 46.3 Å². The predicted molar refractivity (Wildman–Crippen MR) is 142 cm³/mol. The highest BCUT2D eigenvalue weighted by Gasteiger charge is 2.36. The summed E-state index contributed by atoms with van der Waals surface area (Å²) in [4.78, 5) is 37.5. The molecule has 0 spiro atoms. The van der Waals surface area contributed by atoms with E-state index in [1.54, 1.807) is 0 Å². The minimum absolute atomic E-state index is 0.00376. The lowest BCUT2D eigenvalue weighted by atomic mass is 10.1. The lowest BCUT2D eigenvalue weighted by Crippen LogP contribution is -2.44. The summed E-state index contributed by atoms with van der Waals surface area (Å²) in [6.07, 6.45) is -4.08. The Morgan fingerprint density at radius 2 is 1.72 bits per heavy atom. The van der Waals surface area contributed by atoms with E-state index in [9.17, 15) is 22.8 Å². The molecule has 0 saturated carbocycles. The number of rotatable bonds is 5. The number of carbonyl (C=O) groups excluding carboxylic acids is 2. The minimum atomic E-state index is -4.76. The van der Waals surface area contributed by atoms with Crippen LogP contribution in [0.25, 0.3) is 0 Å². The predicted octanol–water partition coefficient (Wildman–Crippen LogP) is 3.80. The van der Waals surface area contributed by atoms with Gasteiger partial charge in [0.1, 0.15) is 17.4 Å². The Morgan fingerprint density at radius 1 is 1.00 bits per heavy atom. The SMILES string of the molecule is CC1NC(=O)c2c(cccc2Nc2nc(Nc3ccc(N4CCN(C)CC4)cc3)ncc2C(F)(F)F)NC1=O. The molecule has 39 heavy (non-hydrogen) atoms. The van der Waals surface area contributed by atoms with Crippen molar-refractivity contribution in [2.45, 2.75) is 19.1 Å². The molecule has 0 radical (unpaired) electrons. The molecular weight excluding hydrogens is 513 g/mol. The Bertz CT molecular complexity index is 1390. The van der Waals surface area contributed by atoms with Gasteiger partial charge in [-0.15, -0.1) is 0 Å². The van der Waals surface area contributed by atoms with Gasteiger partial charge in [0.2, 0.25) is 11.9 Å². The van der Waals surface area contributed by atoms with Gasteiger partial charge in [-0.05, 0) is 50.4 Å². The second kappa shape index (κ2) is 10.4. The standard InChI is InChI=1S/C26H27F3N8O2/c1-15-23(38)34-20-5-3-4-19(21(20)24(39)31-15)33-22-18(26(27,28)29)14-30-25(35-22)32-16-6-8-17(9-7-16)37-12-10-36(2)11-13-37/h3-9,14-15H,10-13H2,1-2H3,(H,31,39)(H,34,38)(H2,30,32,33,35). The number of anilines is 6. The molecule has 2 aliphatic heterocycles. The monoisotopic (exact) mass is 540 g/mol. The Kier molecular flexibility index (Phi) is 7.00. The molecule has 3 aromatic rings. The van der Waals surface area contributed by atoms with E-state index >= 15 is 0 Å². The van der Waals surface area contributed by atoms with Crippen molar-refractivity contribution in [3.8, 4) is 0 Å². The summed E-state index contributed by atoms with van der Waals surface area (Å²) in [6, 6.07) is 11.1. The summed E-state index contributed by atoms with van der Waals surface area (Å²) in [5.74, 6) is -1.66. The second-order valence-electron chi connectivity index (χ2n) is 9.45. The number of carbonyl (C=O) groups is 2. The number of amides is 2. The maximum absolute atomic E-state index is 13.9. The van der Waals surface area contributed by atoms with E-state index < -0.39 is 35.4 Å². The van der Waals surface area contributed by atoms with Crippen molar-refractivity contribution in [3.63, 3.8) is 0 Å². The smallest absolute Gasteiger partial charge is 0.369 e. The largest absolute Gasteiger partial charge is 0.421 e. The number of nitrogens with one attached hydrogen (secondary N) is 4. The van der Waals surface area contributed by atoms with E-state index in [1.165, 1.54) is 25.1 Å². The highest BCUT2D eigenvalue weighted by atomic mass is 19.4. The van der Waals surface area contributed by atoms with Gasteiger partial charge in [-0.2, -0.15) is 18.2 Å². The molecule has 1 unspecified atom stereocenters. The van der Waals surface area contributed by atoms with Gasteiger partial charge in [0.25, 0.3) is 5.91 Å². The van der Waals surface area contributed by atoms with E-state index in [0.717, 1.165) is 31.9 Å². The molecule has 5 rings (SSSR count). The number of likely N-dealkylation sites (N-methyl/N-ethyl adjacent to an activating group) is 1. The number of nitrogens with zero attached hydrogens (tertiary/aromatic N) is 4. The zero-order valence-electron chi connectivity index (χ0n) is 21.3. The van der Waals surface area contributed by atoms with Crippen LogP contribution in [-0.4, -0.2) is 66.0 Å². The summed E-state index contributed by atoms with van der Waals surface area (Å²) in [6.45, 7) is 5.25. The lowest BCUT2D eigenvalue weighted by Gasteiger charge is -2.34. The summed E-state index contributed by atoms with van der Waals surface area (Å²) >= 11 is 0. The molecule has 1 fully saturated rings. The number of hydrogen-bond acceptors (Lipinski definition) is 8. The first kappa shape index (κ1) is 26.2. The highest BCUT2D eigenvalue weighted by Crippen LogP contribution is 2.37. The van der Waals surface area contributed by atoms with Gasteiger partial charge < -0.3 is 31.1 Å². The van der Waals surface area contributed by atoms with E-state index in [2.05, 4.69) is 48.1 Å². The van der Waals surface area contributed by atoms with Gasteiger partial charge >= 0.3 is 6.18 Å². The molecule has 2 aliphatic rings. The van der Waals surface area contributed by atoms with Crippen molar-refractivity contribution in [2.75, 3.05) is 54.1 Å². The van der Waals surface area contributed by atoms with Crippen LogP contribution in [0.5, 0.6) is 0 Å². The molecule has 13 heteroatoms. The normalized spacial score (nSPS) is 18.1. The number of piperazine rings is 1. The summed E-state index contributed by atoms with van der Waals surface area (Å²) in [5, 5.41) is 10.7. The average Bonchev–Trinajstić information content (AvgIpc) is 3.00. The Morgan fingerprint density at radius 3 is 2.41 bits per heavy atom. The van der Waals surface area contributed by atoms with Crippen molar-refractivity contribution in [2.24, 2.45) is 0 Å². The number of halogens is 3. The third kappa shape index (κ3) is 5.72. The van der Waals surface area contributed by atoms with Crippen molar-refractivity contribution in [1.29, 1.82) is 0 Å². The molecule has 204 valence electrons. The zero-order chi connectivity index (χ0) is 27.7. The van der Waals surface area contributed by atoms with Crippen LogP contribution in [0.2, 0.25) is 0 Å². The van der Waals surface area contributed by atoms with Crippen LogP contribution in [0.1, 0.15) is 22.8 Å². The number of alkyl halides is 3. The molecule has 1 atom stereocenters. The Balaban J connectivity index is 1.42. The first-order valence-electron chi connectivity index (χ1n) is 12.3. The molecular formula is C26H27F3N8O2. The summed E-state index contributed by atoms with van der Waals surface area (Å²) in [7, 11) is 2.08. The number of aromatic nitrogens is 2. The number of fused-ring (bicyclic) bond motifs is 1. The van der Waals surface area contributed by atoms with Crippen LogP contribution in [0.3, 0.4) is 0 Å². The van der Waals surface area contributed by atoms with Crippen molar-refractivity contribution in [1.82, 2.24) is 20.2 Å². The highest BCUT2D eigenvalue weighted by molar-refractivity contribution is 6.13. The average molecular weight is 541 g/mol. The first-order chi connectivity index (χ1) is 18.6. The quantitative estimate of drug-likeness (QED) is 0.387. The van der Waals surface area contributed by atoms with E-state index in [0.29, 0.717) is 11.9 Å². The molecule has 3 heterocycles. The van der Waals surface area contributed by atoms with E-state index in [4.69, 9.17) is 0 Å². The maximum Gasteiger partial charge on any atom is 0.421 e. The maximum atomic E-state index is 13.9. The Hall–Kier alpha value is -4.39. The van der Waals surface area contributed by atoms with Gasteiger partial charge in [0.05, 0.1) is 16.9 Å². The van der Waals surface area contributed by atoms with E-state index in [1.807, 2.05) is 24.3 Å². The second-order valence-corrected chi connectivity index (χ2v) is 9.45. The topological polar surface area (TPSA) is 115 Å². The fourth-order valence-electron chi connectivity index (χ4n) is 4.40. The third-order valence-corrected chi connectivity index (χ3v) is 6.63. The van der Waals surface area contributed by atoms with Crippen LogP contribution in [0.4, 0.5) is 47.7 Å². The minimum Gasteiger partial charge on any atom is -0.369 e. The van der Waals surface area contributed by atoms with E-state index in [-0.39, 0.29) is 22.9 Å². The zero-order valence-corrected chi connectivity index (χ0v) is 21.3. The lowest BCUT2D eigenvalue weighted by molar-refractivity contribution is -0.137.